The second kappa shape index (κ2) is 9.50. The van der Waals surface area contributed by atoms with Gasteiger partial charge in [0, 0.05) is 5.69 Å². The summed E-state index contributed by atoms with van der Waals surface area (Å²) >= 11 is 0. The number of hydrogen-bond donors (Lipinski definition) is 2. The largest absolute Gasteiger partial charge is 0.370 e. The van der Waals surface area contributed by atoms with Crippen LogP contribution in [0.4, 0.5) is 10.1 Å². The van der Waals surface area contributed by atoms with E-state index in [1.165, 1.54) is 35.7 Å². The maximum atomic E-state index is 13.7. The van der Waals surface area contributed by atoms with Gasteiger partial charge >= 0.3 is 0 Å². The molecule has 0 fully saturated rings. The number of benzene rings is 2. The zero-order valence-corrected chi connectivity index (χ0v) is 18.0. The SMILES string of the molecule is I.NC(=NCCS(=O)(=O)c1ccccc1F)Nc1cccc2c1CCCC2. The van der Waals surface area contributed by atoms with E-state index in [1.807, 2.05) is 12.1 Å². The van der Waals surface area contributed by atoms with E-state index >= 15 is 0 Å². The van der Waals surface area contributed by atoms with Crippen LogP contribution in [0.5, 0.6) is 0 Å². The summed E-state index contributed by atoms with van der Waals surface area (Å²) in [6, 6.07) is 11.4. The van der Waals surface area contributed by atoms with E-state index in [0.717, 1.165) is 31.0 Å². The van der Waals surface area contributed by atoms with Gasteiger partial charge in [0.2, 0.25) is 0 Å². The van der Waals surface area contributed by atoms with Gasteiger partial charge in [-0.05, 0) is 55.0 Å². The molecule has 1 aliphatic rings. The molecule has 2 aromatic carbocycles. The Bertz CT molecular complexity index is 932. The maximum absolute atomic E-state index is 13.7. The highest BCUT2D eigenvalue weighted by Crippen LogP contribution is 2.27. The zero-order chi connectivity index (χ0) is 18.6. The third-order valence-corrected chi connectivity index (χ3v) is 6.19. The second-order valence-electron chi connectivity index (χ2n) is 6.29. The molecule has 0 amide bonds. The van der Waals surface area contributed by atoms with Crippen molar-refractivity contribution >= 4 is 45.5 Å². The number of aliphatic imine (C=N–C) groups is 1. The summed E-state index contributed by atoms with van der Waals surface area (Å²) < 4.78 is 38.1. The summed E-state index contributed by atoms with van der Waals surface area (Å²) in [5.74, 6) is -0.894. The number of aryl methyl sites for hydroxylation is 1. The number of hydrogen-bond acceptors (Lipinski definition) is 3. The van der Waals surface area contributed by atoms with E-state index in [1.54, 1.807) is 0 Å². The van der Waals surface area contributed by atoms with E-state index in [2.05, 4.69) is 16.4 Å². The highest BCUT2D eigenvalue weighted by molar-refractivity contribution is 14.0. The van der Waals surface area contributed by atoms with Gasteiger partial charge in [-0.2, -0.15) is 0 Å². The van der Waals surface area contributed by atoms with Crippen LogP contribution >= 0.6 is 24.0 Å². The van der Waals surface area contributed by atoms with E-state index < -0.39 is 15.7 Å². The predicted molar refractivity (Wildman–Crippen MR) is 117 cm³/mol. The smallest absolute Gasteiger partial charge is 0.193 e. The topological polar surface area (TPSA) is 84.5 Å². The van der Waals surface area contributed by atoms with Crippen LogP contribution in [0.1, 0.15) is 24.0 Å². The van der Waals surface area contributed by atoms with Crippen molar-refractivity contribution in [3.05, 3.63) is 59.4 Å². The molecule has 0 unspecified atom stereocenters. The first kappa shape index (κ1) is 21.6. The molecule has 0 saturated heterocycles. The second-order valence-corrected chi connectivity index (χ2v) is 8.37. The molecule has 0 heterocycles. The molecule has 3 N–H and O–H groups in total. The molecule has 3 rings (SSSR count). The lowest BCUT2D eigenvalue weighted by molar-refractivity contribution is 0.567. The number of anilines is 1. The molecule has 0 aliphatic heterocycles. The monoisotopic (exact) mass is 503 g/mol. The molecule has 146 valence electrons. The Morgan fingerprint density at radius 3 is 2.63 bits per heavy atom. The van der Waals surface area contributed by atoms with Gasteiger partial charge in [0.05, 0.1) is 12.3 Å². The highest BCUT2D eigenvalue weighted by Gasteiger charge is 2.18. The molecule has 0 bridgehead atoms. The maximum Gasteiger partial charge on any atom is 0.193 e. The standard InChI is InChI=1S/C19H22FN3O2S.HI/c20-16-9-3-4-11-18(16)26(24,25)13-12-22-19(21)23-17-10-5-7-14-6-1-2-8-15(14)17;/h3-5,7,9-11H,1-2,6,8,12-13H2,(H3,21,22,23);1H. The summed E-state index contributed by atoms with van der Waals surface area (Å²) in [5.41, 5.74) is 9.39. The Morgan fingerprint density at radius 2 is 1.85 bits per heavy atom. The first-order valence-corrected chi connectivity index (χ1v) is 10.3. The number of halogens is 2. The minimum Gasteiger partial charge on any atom is -0.370 e. The molecule has 27 heavy (non-hydrogen) atoms. The van der Waals surface area contributed by atoms with Crippen LogP contribution in [0.3, 0.4) is 0 Å². The van der Waals surface area contributed by atoms with Gasteiger partial charge in [-0.1, -0.05) is 24.3 Å². The van der Waals surface area contributed by atoms with Gasteiger partial charge in [0.25, 0.3) is 0 Å². The van der Waals surface area contributed by atoms with Crippen LogP contribution in [0.2, 0.25) is 0 Å². The molecule has 5 nitrogen and oxygen atoms in total. The minimum atomic E-state index is -3.74. The average molecular weight is 503 g/mol. The van der Waals surface area contributed by atoms with Crippen molar-refractivity contribution in [3.8, 4) is 0 Å². The van der Waals surface area contributed by atoms with Crippen molar-refractivity contribution in [2.24, 2.45) is 10.7 Å². The highest BCUT2D eigenvalue weighted by atomic mass is 127. The number of sulfone groups is 1. The molecule has 0 spiro atoms. The van der Waals surface area contributed by atoms with Crippen molar-refractivity contribution in [3.63, 3.8) is 0 Å². The number of rotatable bonds is 5. The Labute approximate surface area is 176 Å². The summed E-state index contributed by atoms with van der Waals surface area (Å²) in [4.78, 5) is 3.78. The zero-order valence-electron chi connectivity index (χ0n) is 14.8. The first-order valence-electron chi connectivity index (χ1n) is 8.62. The van der Waals surface area contributed by atoms with Crippen LogP contribution in [0.25, 0.3) is 0 Å². The third kappa shape index (κ3) is 5.41. The van der Waals surface area contributed by atoms with Gasteiger partial charge in [-0.25, -0.2) is 12.8 Å². The van der Waals surface area contributed by atoms with Gasteiger partial charge < -0.3 is 11.1 Å². The average Bonchev–Trinajstić information content (AvgIpc) is 2.62. The van der Waals surface area contributed by atoms with Crippen LogP contribution in [-0.4, -0.2) is 26.7 Å². The fourth-order valence-corrected chi connectivity index (χ4v) is 4.37. The quantitative estimate of drug-likeness (QED) is 0.372. The summed E-state index contributed by atoms with van der Waals surface area (Å²) in [7, 11) is -3.74. The molecular weight excluding hydrogens is 480 g/mol. The van der Waals surface area contributed by atoms with Crippen molar-refractivity contribution in [1.82, 2.24) is 0 Å². The number of nitrogens with two attached hydrogens (primary N) is 1. The Balaban J connectivity index is 0.00000261. The molecule has 1 aliphatic carbocycles. The normalized spacial score (nSPS) is 14.2. The predicted octanol–water partition coefficient (Wildman–Crippen LogP) is 3.52. The third-order valence-electron chi connectivity index (χ3n) is 4.47. The number of guanidine groups is 1. The lowest BCUT2D eigenvalue weighted by Crippen LogP contribution is -2.25. The molecule has 0 atom stereocenters. The number of nitrogens with one attached hydrogen (secondary N) is 1. The Kier molecular flexibility index (Phi) is 7.60. The van der Waals surface area contributed by atoms with Crippen molar-refractivity contribution in [2.75, 3.05) is 17.6 Å². The molecule has 0 saturated carbocycles. The molecule has 2 aromatic rings. The van der Waals surface area contributed by atoms with E-state index in [9.17, 15) is 12.8 Å². The Hall–Kier alpha value is -1.68. The fourth-order valence-electron chi connectivity index (χ4n) is 3.17. The summed E-state index contributed by atoms with van der Waals surface area (Å²) in [6.45, 7) is -0.0372. The van der Waals surface area contributed by atoms with Gasteiger partial charge in [0.1, 0.15) is 10.7 Å². The van der Waals surface area contributed by atoms with Crippen LogP contribution in [0, 0.1) is 5.82 Å². The van der Waals surface area contributed by atoms with Crippen LogP contribution < -0.4 is 11.1 Å². The van der Waals surface area contributed by atoms with Gasteiger partial charge in [0.15, 0.2) is 15.8 Å². The van der Waals surface area contributed by atoms with E-state index in [4.69, 9.17) is 5.73 Å². The fraction of sp³-hybridized carbons (Fsp3) is 0.316. The van der Waals surface area contributed by atoms with Crippen molar-refractivity contribution < 1.29 is 12.8 Å². The molecular formula is C19H23FIN3O2S. The Morgan fingerprint density at radius 1 is 1.11 bits per heavy atom. The molecule has 0 radical (unpaired) electrons. The van der Waals surface area contributed by atoms with Crippen molar-refractivity contribution in [1.29, 1.82) is 0 Å². The minimum absolute atomic E-state index is 0. The van der Waals surface area contributed by atoms with Gasteiger partial charge in [-0.15, -0.1) is 24.0 Å². The lowest BCUT2D eigenvalue weighted by atomic mass is 9.90. The van der Waals surface area contributed by atoms with Crippen LogP contribution in [-0.2, 0) is 22.7 Å². The lowest BCUT2D eigenvalue weighted by Gasteiger charge is -2.19. The summed E-state index contributed by atoms with van der Waals surface area (Å²) in [6.07, 6.45) is 4.38. The van der Waals surface area contributed by atoms with Gasteiger partial charge in [-0.3, -0.25) is 4.99 Å². The van der Waals surface area contributed by atoms with Crippen LogP contribution in [0.15, 0.2) is 52.4 Å². The number of nitrogens with zero attached hydrogens (tertiary/aromatic N) is 1. The first-order chi connectivity index (χ1) is 12.5. The van der Waals surface area contributed by atoms with Crippen molar-refractivity contribution in [2.45, 2.75) is 30.6 Å². The van der Waals surface area contributed by atoms with E-state index in [0.29, 0.717) is 0 Å². The molecule has 8 heteroatoms. The van der Waals surface area contributed by atoms with E-state index in [-0.39, 0.29) is 47.1 Å². The summed E-state index contributed by atoms with van der Waals surface area (Å²) in [5, 5.41) is 3.07. The number of fused-ring (bicyclic) bond motifs is 1. The molecule has 0 aromatic heterocycles.